The lowest BCUT2D eigenvalue weighted by Gasteiger charge is -2.33. The number of anilines is 1. The van der Waals surface area contributed by atoms with E-state index in [9.17, 15) is 17.6 Å². The van der Waals surface area contributed by atoms with Crippen LogP contribution in [-0.2, 0) is 10.0 Å². The Balaban J connectivity index is 1.77. The summed E-state index contributed by atoms with van der Waals surface area (Å²) in [7, 11) is -1.84. The fraction of sp³-hybridized carbons (Fsp3) is 0.435. The van der Waals surface area contributed by atoms with E-state index in [2.05, 4.69) is 22.0 Å². The van der Waals surface area contributed by atoms with Crippen LogP contribution < -0.4 is 10.0 Å². The molecule has 1 atom stereocenters. The van der Waals surface area contributed by atoms with Gasteiger partial charge in [-0.15, -0.1) is 0 Å². The standard InChI is InChI=1S/C23H30FN3O3S/c1-15-7-5-6-8-19(15)23(28)25-21-13-16(2)22(14-20(21)24)31(29,30)26-17(3)18-9-11-27(4)12-10-18/h5-8,13-14,17-18,26H,9-12H2,1-4H3,(H,25,28)/t17-/m1/s1. The van der Waals surface area contributed by atoms with Crippen LogP contribution in [0.2, 0.25) is 0 Å². The summed E-state index contributed by atoms with van der Waals surface area (Å²) in [6.07, 6.45) is 1.83. The monoisotopic (exact) mass is 447 g/mol. The molecule has 0 radical (unpaired) electrons. The van der Waals surface area contributed by atoms with Gasteiger partial charge in [-0.2, -0.15) is 0 Å². The number of rotatable bonds is 6. The van der Waals surface area contributed by atoms with Crippen molar-refractivity contribution in [3.05, 3.63) is 58.9 Å². The van der Waals surface area contributed by atoms with Gasteiger partial charge in [0.2, 0.25) is 10.0 Å². The van der Waals surface area contributed by atoms with E-state index in [0.717, 1.165) is 37.6 Å². The molecule has 0 aromatic heterocycles. The normalized spacial score (nSPS) is 16.8. The van der Waals surface area contributed by atoms with E-state index in [0.29, 0.717) is 11.1 Å². The minimum Gasteiger partial charge on any atom is -0.319 e. The lowest BCUT2D eigenvalue weighted by molar-refractivity contribution is 0.102. The number of aryl methyl sites for hydroxylation is 2. The van der Waals surface area contributed by atoms with E-state index < -0.39 is 21.7 Å². The molecule has 1 aliphatic rings. The Kier molecular flexibility index (Phi) is 7.13. The second kappa shape index (κ2) is 9.46. The summed E-state index contributed by atoms with van der Waals surface area (Å²) in [5.74, 6) is -0.996. The van der Waals surface area contributed by atoms with Gasteiger partial charge in [0.25, 0.3) is 5.91 Å². The zero-order chi connectivity index (χ0) is 22.8. The largest absolute Gasteiger partial charge is 0.319 e. The van der Waals surface area contributed by atoms with Gasteiger partial charge >= 0.3 is 0 Å². The van der Waals surface area contributed by atoms with E-state index in [4.69, 9.17) is 0 Å². The summed E-state index contributed by atoms with van der Waals surface area (Å²) in [5.41, 5.74) is 1.52. The first-order valence-corrected chi connectivity index (χ1v) is 11.9. The van der Waals surface area contributed by atoms with E-state index in [1.54, 1.807) is 32.0 Å². The van der Waals surface area contributed by atoms with E-state index >= 15 is 0 Å². The van der Waals surface area contributed by atoms with Crippen LogP contribution in [0.5, 0.6) is 0 Å². The quantitative estimate of drug-likeness (QED) is 0.708. The molecule has 168 valence electrons. The van der Waals surface area contributed by atoms with Crippen molar-refractivity contribution in [2.75, 3.05) is 25.5 Å². The Morgan fingerprint density at radius 3 is 2.42 bits per heavy atom. The second-order valence-corrected chi connectivity index (χ2v) is 10.1. The Hall–Kier alpha value is -2.29. The minimum absolute atomic E-state index is 0.0481. The highest BCUT2D eigenvalue weighted by Gasteiger charge is 2.28. The van der Waals surface area contributed by atoms with Crippen molar-refractivity contribution in [2.24, 2.45) is 5.92 Å². The van der Waals surface area contributed by atoms with Crippen molar-refractivity contribution in [3.63, 3.8) is 0 Å². The first kappa shape index (κ1) is 23.4. The molecule has 1 amide bonds. The van der Waals surface area contributed by atoms with E-state index in [1.165, 1.54) is 6.07 Å². The maximum Gasteiger partial charge on any atom is 0.256 e. The Bertz CT molecular complexity index is 1060. The van der Waals surface area contributed by atoms with Crippen molar-refractivity contribution in [1.29, 1.82) is 0 Å². The first-order chi connectivity index (χ1) is 14.6. The predicted octanol–water partition coefficient (Wildman–Crippen LogP) is 3.70. The van der Waals surface area contributed by atoms with E-state index in [1.807, 2.05) is 13.0 Å². The molecule has 2 aromatic rings. The lowest BCUT2D eigenvalue weighted by Crippen LogP contribution is -2.43. The number of nitrogens with one attached hydrogen (secondary N) is 2. The van der Waals surface area contributed by atoms with Crippen LogP contribution in [-0.4, -0.2) is 45.4 Å². The van der Waals surface area contributed by atoms with Gasteiger partial charge in [0, 0.05) is 11.6 Å². The molecule has 31 heavy (non-hydrogen) atoms. The minimum atomic E-state index is -3.90. The van der Waals surface area contributed by atoms with Crippen LogP contribution in [0.1, 0.15) is 41.3 Å². The molecule has 1 aliphatic heterocycles. The van der Waals surface area contributed by atoms with Crippen LogP contribution in [0.3, 0.4) is 0 Å². The number of piperidine rings is 1. The zero-order valence-electron chi connectivity index (χ0n) is 18.4. The average molecular weight is 448 g/mol. The molecule has 6 nitrogen and oxygen atoms in total. The molecule has 0 saturated carbocycles. The average Bonchev–Trinajstić information content (AvgIpc) is 2.70. The SMILES string of the molecule is Cc1ccccc1C(=O)Nc1cc(C)c(S(=O)(=O)N[C@H](C)C2CCN(C)CC2)cc1F. The van der Waals surface area contributed by atoms with Crippen molar-refractivity contribution in [3.8, 4) is 0 Å². The number of likely N-dealkylation sites (tertiary alicyclic amines) is 1. The highest BCUT2D eigenvalue weighted by molar-refractivity contribution is 7.89. The van der Waals surface area contributed by atoms with E-state index in [-0.39, 0.29) is 22.5 Å². The van der Waals surface area contributed by atoms with Gasteiger partial charge in [-0.05, 0) is 89.0 Å². The van der Waals surface area contributed by atoms with Crippen molar-refractivity contribution in [2.45, 2.75) is 44.6 Å². The maximum absolute atomic E-state index is 14.8. The Morgan fingerprint density at radius 2 is 1.77 bits per heavy atom. The Morgan fingerprint density at radius 1 is 1.13 bits per heavy atom. The van der Waals surface area contributed by atoms with Crippen LogP contribution in [0.4, 0.5) is 10.1 Å². The summed E-state index contributed by atoms with van der Waals surface area (Å²) < 4.78 is 43.4. The smallest absolute Gasteiger partial charge is 0.256 e. The maximum atomic E-state index is 14.8. The molecule has 2 aromatic carbocycles. The van der Waals surface area contributed by atoms with Gasteiger partial charge in [0.15, 0.2) is 0 Å². The Labute approximate surface area is 183 Å². The van der Waals surface area contributed by atoms with Gasteiger partial charge in [-0.25, -0.2) is 17.5 Å². The zero-order valence-corrected chi connectivity index (χ0v) is 19.2. The molecule has 2 N–H and O–H groups in total. The number of hydrogen-bond donors (Lipinski definition) is 2. The molecular formula is C23H30FN3O3S. The van der Waals surface area contributed by atoms with Gasteiger partial charge in [-0.1, -0.05) is 18.2 Å². The third-order valence-corrected chi connectivity index (χ3v) is 7.70. The van der Waals surface area contributed by atoms with Gasteiger partial charge in [-0.3, -0.25) is 4.79 Å². The molecule has 0 unspecified atom stereocenters. The number of nitrogens with zero attached hydrogens (tertiary/aromatic N) is 1. The molecule has 3 rings (SSSR count). The lowest BCUT2D eigenvalue weighted by atomic mass is 9.91. The van der Waals surface area contributed by atoms with Crippen LogP contribution in [0, 0.1) is 25.6 Å². The fourth-order valence-electron chi connectivity index (χ4n) is 4.00. The number of hydrogen-bond acceptors (Lipinski definition) is 4. The molecule has 8 heteroatoms. The molecule has 1 saturated heterocycles. The van der Waals surface area contributed by atoms with Gasteiger partial charge in [0.1, 0.15) is 5.82 Å². The molecule has 1 fully saturated rings. The summed E-state index contributed by atoms with van der Waals surface area (Å²) in [6, 6.07) is 9.09. The molecule has 0 spiro atoms. The fourth-order valence-corrected chi connectivity index (χ4v) is 5.55. The van der Waals surface area contributed by atoms with Gasteiger partial charge < -0.3 is 10.2 Å². The molecule has 0 bridgehead atoms. The summed E-state index contributed by atoms with van der Waals surface area (Å²) in [6.45, 7) is 7.11. The number of halogens is 1. The summed E-state index contributed by atoms with van der Waals surface area (Å²) >= 11 is 0. The van der Waals surface area contributed by atoms with Crippen LogP contribution in [0.25, 0.3) is 0 Å². The second-order valence-electron chi connectivity index (χ2n) is 8.42. The number of carbonyl (C=O) groups is 1. The summed E-state index contributed by atoms with van der Waals surface area (Å²) in [5, 5.41) is 2.55. The predicted molar refractivity (Wildman–Crippen MR) is 120 cm³/mol. The van der Waals surface area contributed by atoms with Crippen molar-refractivity contribution >= 4 is 21.6 Å². The van der Waals surface area contributed by atoms with Crippen molar-refractivity contribution < 1.29 is 17.6 Å². The number of amides is 1. The van der Waals surface area contributed by atoms with Crippen molar-refractivity contribution in [1.82, 2.24) is 9.62 Å². The summed E-state index contributed by atoms with van der Waals surface area (Å²) in [4.78, 5) is 14.6. The first-order valence-electron chi connectivity index (χ1n) is 10.5. The third kappa shape index (κ3) is 5.50. The molecule has 1 heterocycles. The number of benzene rings is 2. The van der Waals surface area contributed by atoms with Crippen LogP contribution >= 0.6 is 0 Å². The van der Waals surface area contributed by atoms with Crippen LogP contribution in [0.15, 0.2) is 41.3 Å². The number of carbonyl (C=O) groups excluding carboxylic acids is 1. The molecule has 0 aliphatic carbocycles. The third-order valence-electron chi connectivity index (χ3n) is 6.00. The van der Waals surface area contributed by atoms with Gasteiger partial charge in [0.05, 0.1) is 10.6 Å². The molecular weight excluding hydrogens is 417 g/mol. The highest BCUT2D eigenvalue weighted by atomic mass is 32.2. The number of sulfonamides is 1. The topological polar surface area (TPSA) is 78.5 Å². The highest BCUT2D eigenvalue weighted by Crippen LogP contribution is 2.26.